The number of rotatable bonds is 8. The van der Waals surface area contributed by atoms with Gasteiger partial charge in [-0.25, -0.2) is 8.78 Å². The number of aromatic nitrogens is 2. The van der Waals surface area contributed by atoms with Crippen LogP contribution in [0.4, 0.5) is 33.9 Å². The maximum absolute atomic E-state index is 14.3. The zero-order valence-electron chi connectivity index (χ0n) is 23.5. The highest BCUT2D eigenvalue weighted by Crippen LogP contribution is 3.02. The third-order valence-corrected chi connectivity index (χ3v) is 9.44. The van der Waals surface area contributed by atoms with Crippen LogP contribution < -0.4 is 10.2 Å². The number of aromatic amines is 1. The number of hydrogen-bond donors (Lipinski definition) is 3. The summed E-state index contributed by atoms with van der Waals surface area (Å²) in [5.74, 6) is -4.81. The third kappa shape index (κ3) is 6.75. The summed E-state index contributed by atoms with van der Waals surface area (Å²) >= 11 is 0. The number of carbonyl (C=O) groups is 2. The topological polar surface area (TPSA) is 125 Å². The minimum absolute atomic E-state index is 0.0768. The molecule has 0 radical (unpaired) electrons. The first-order valence-electron chi connectivity index (χ1n) is 14.0. The van der Waals surface area contributed by atoms with Crippen molar-refractivity contribution in [2.75, 3.05) is 11.4 Å². The zero-order valence-corrected chi connectivity index (χ0v) is 24.3. The van der Waals surface area contributed by atoms with Gasteiger partial charge in [0.2, 0.25) is 11.8 Å². The van der Waals surface area contributed by atoms with Gasteiger partial charge in [-0.2, -0.15) is 10.4 Å². The van der Waals surface area contributed by atoms with E-state index in [0.717, 1.165) is 9.80 Å². The van der Waals surface area contributed by atoms with Crippen molar-refractivity contribution in [1.82, 2.24) is 20.4 Å². The largest absolute Gasteiger partial charge is 0.388 e. The predicted octanol–water partition coefficient (Wildman–Crippen LogP) is 6.02. The van der Waals surface area contributed by atoms with E-state index in [2.05, 4.69) is 15.5 Å². The highest BCUT2D eigenvalue weighted by Gasteiger charge is 2.65. The van der Waals surface area contributed by atoms with Crippen LogP contribution in [-0.2, 0) is 9.59 Å². The highest BCUT2D eigenvalue weighted by atomic mass is 32.5. The Kier molecular flexibility index (Phi) is 7.24. The summed E-state index contributed by atoms with van der Waals surface area (Å²) < 4.78 is 95.4. The molecule has 1 saturated heterocycles. The average Bonchev–Trinajstić information content (AvgIpc) is 3.55. The second-order valence-electron chi connectivity index (χ2n) is 12.2. The lowest BCUT2D eigenvalue weighted by Gasteiger charge is -2.41. The summed E-state index contributed by atoms with van der Waals surface area (Å²) in [5, 5.41) is 29.8. The number of aliphatic hydroxyl groups is 1. The Morgan fingerprint density at radius 2 is 1.75 bits per heavy atom. The first-order valence-corrected chi connectivity index (χ1v) is 15.9. The van der Waals surface area contributed by atoms with E-state index >= 15 is 0 Å². The van der Waals surface area contributed by atoms with Crippen molar-refractivity contribution in [3.63, 3.8) is 0 Å². The molecule has 1 aliphatic heterocycles. The molecule has 2 aromatic rings. The van der Waals surface area contributed by atoms with E-state index in [0.29, 0.717) is 30.7 Å². The lowest BCUT2D eigenvalue weighted by atomic mass is 9.91. The molecule has 1 aromatic carbocycles. The first kappa shape index (κ1) is 31.9. The van der Waals surface area contributed by atoms with Crippen LogP contribution in [0.3, 0.4) is 0 Å². The van der Waals surface area contributed by atoms with E-state index in [1.165, 1.54) is 13.1 Å². The Bertz CT molecular complexity index is 1480. The summed E-state index contributed by atoms with van der Waals surface area (Å²) in [5.41, 5.74) is -1.25. The minimum atomic E-state index is -10.1. The predicted molar refractivity (Wildman–Crippen MR) is 145 cm³/mol. The summed E-state index contributed by atoms with van der Waals surface area (Å²) in [6, 6.07) is -2.24. The smallest absolute Gasteiger partial charge is 0.310 e. The van der Waals surface area contributed by atoms with Gasteiger partial charge in [0.1, 0.15) is 17.0 Å². The molecule has 0 bridgehead atoms. The molecular weight excluding hydrogens is 621 g/mol. The van der Waals surface area contributed by atoms with E-state index in [4.69, 9.17) is 0 Å². The van der Waals surface area contributed by atoms with Crippen molar-refractivity contribution in [3.8, 4) is 6.19 Å². The number of halogens is 7. The molecule has 2 aliphatic carbocycles. The van der Waals surface area contributed by atoms with Gasteiger partial charge in [0.05, 0.1) is 18.3 Å². The standard InChI is InChI=1S/C27H31F7N6O3S/c1-26(43)12-21(39(14-26)15-35)25(42)40(18-4-6-19(7-5-18)44(30,31,32,33)34)23(20-13-36-38-22(20)16-2-3-16)24(41)37-17-8-10-27(28,29)11-9-17/h4-7,13,16-17,21,23,43H,2-3,8-12,14H2,1H3,(H,36,38)(H,37,41). The third-order valence-electron chi connectivity index (χ3n) is 8.28. The van der Waals surface area contributed by atoms with E-state index in [-0.39, 0.29) is 55.1 Å². The summed E-state index contributed by atoms with van der Waals surface area (Å²) in [6.45, 7) is 1.12. The van der Waals surface area contributed by atoms with Gasteiger partial charge in [0.25, 0.3) is 5.91 Å². The molecule has 0 spiro atoms. The normalized spacial score (nSPS) is 26.3. The summed E-state index contributed by atoms with van der Waals surface area (Å²) in [4.78, 5) is 27.9. The number of H-pyrrole nitrogens is 1. The molecule has 44 heavy (non-hydrogen) atoms. The molecule has 17 heteroatoms. The summed E-state index contributed by atoms with van der Waals surface area (Å²) in [7, 11) is -10.1. The maximum Gasteiger partial charge on any atom is 0.310 e. The molecule has 2 saturated carbocycles. The SMILES string of the molecule is CC1(O)CC(C(=O)N(c2ccc(S(F)(F)(F)(F)F)cc2)C(C(=O)NC2CCC(F)(F)CC2)c2cn[nH]c2C2CC2)N(C#N)C1. The number of anilines is 1. The maximum atomic E-state index is 14.3. The molecule has 3 N–H and O–H groups in total. The Morgan fingerprint density at radius 1 is 1.14 bits per heavy atom. The first-order chi connectivity index (χ1) is 20.2. The molecule has 3 fully saturated rings. The van der Waals surface area contributed by atoms with Crippen molar-refractivity contribution in [3.05, 3.63) is 41.7 Å². The number of carbonyl (C=O) groups excluding carboxylic acids is 2. The molecule has 9 nitrogen and oxygen atoms in total. The second-order valence-corrected chi connectivity index (χ2v) is 14.6. The quantitative estimate of drug-likeness (QED) is 0.237. The number of likely N-dealkylation sites (tertiary alicyclic amines) is 1. The lowest BCUT2D eigenvalue weighted by molar-refractivity contribution is -0.129. The monoisotopic (exact) mass is 652 g/mol. The fraction of sp³-hybridized carbons (Fsp3) is 0.556. The van der Waals surface area contributed by atoms with Crippen LogP contribution >= 0.6 is 10.2 Å². The number of alkyl halides is 2. The molecule has 1 aromatic heterocycles. The van der Waals surface area contributed by atoms with Gasteiger partial charge in [-0.1, -0.05) is 19.4 Å². The van der Waals surface area contributed by atoms with Crippen LogP contribution in [0.1, 0.15) is 75.1 Å². The molecule has 2 amide bonds. The van der Waals surface area contributed by atoms with Gasteiger partial charge < -0.3 is 10.4 Å². The van der Waals surface area contributed by atoms with E-state index in [1.54, 1.807) is 6.19 Å². The minimum Gasteiger partial charge on any atom is -0.388 e. The zero-order chi connectivity index (χ0) is 32.4. The average molecular weight is 653 g/mol. The Labute approximate surface area is 248 Å². The molecule has 3 atom stereocenters. The highest BCUT2D eigenvalue weighted by molar-refractivity contribution is 8.45. The van der Waals surface area contributed by atoms with Gasteiger partial charge in [0, 0.05) is 48.2 Å². The van der Waals surface area contributed by atoms with Gasteiger partial charge >= 0.3 is 10.2 Å². The molecule has 3 unspecified atom stereocenters. The van der Waals surface area contributed by atoms with Crippen molar-refractivity contribution >= 4 is 27.7 Å². The fourth-order valence-electron chi connectivity index (χ4n) is 5.91. The lowest BCUT2D eigenvalue weighted by Crippen LogP contribution is -2.52. The van der Waals surface area contributed by atoms with Crippen LogP contribution in [0.2, 0.25) is 0 Å². The summed E-state index contributed by atoms with van der Waals surface area (Å²) in [6.07, 6.45) is 3.07. The van der Waals surface area contributed by atoms with Gasteiger partial charge in [0.15, 0.2) is 6.19 Å². The number of hydrogen-bond acceptors (Lipinski definition) is 6. The Balaban J connectivity index is 1.61. The van der Waals surface area contributed by atoms with E-state index in [1.807, 2.05) is 0 Å². The fourth-order valence-corrected chi connectivity index (χ4v) is 6.56. The molecule has 5 rings (SSSR count). The van der Waals surface area contributed by atoms with Gasteiger partial charge in [-0.05, 0) is 56.9 Å². The molecule has 242 valence electrons. The number of nitrogens with zero attached hydrogens (tertiary/aromatic N) is 4. The molecule has 3 aliphatic rings. The second kappa shape index (κ2) is 9.99. The van der Waals surface area contributed by atoms with Crippen molar-refractivity contribution in [2.24, 2.45) is 0 Å². The van der Waals surface area contributed by atoms with Gasteiger partial charge in [-0.15, -0.1) is 0 Å². The van der Waals surface area contributed by atoms with Crippen LogP contribution in [0, 0.1) is 11.5 Å². The van der Waals surface area contributed by atoms with Gasteiger partial charge in [-0.3, -0.25) is 24.5 Å². The van der Waals surface area contributed by atoms with Crippen LogP contribution in [0.25, 0.3) is 0 Å². The number of nitrogens with one attached hydrogen (secondary N) is 2. The number of amides is 2. The van der Waals surface area contributed by atoms with Crippen molar-refractivity contribution in [1.29, 1.82) is 5.26 Å². The van der Waals surface area contributed by atoms with Crippen LogP contribution in [0.5, 0.6) is 0 Å². The molecule has 2 heterocycles. The number of nitriles is 1. The van der Waals surface area contributed by atoms with E-state index < -0.39 is 69.4 Å². The molecular formula is C27H31F7N6O3S. The van der Waals surface area contributed by atoms with Crippen LogP contribution in [-0.4, -0.2) is 62.2 Å². The number of β-amino-alcohol motifs (C(OH)–C–C–N with tert-alkyl or cyclic N) is 1. The number of benzene rings is 1. The van der Waals surface area contributed by atoms with Crippen molar-refractivity contribution < 1.29 is 42.9 Å². The van der Waals surface area contributed by atoms with Crippen LogP contribution in [0.15, 0.2) is 35.4 Å². The van der Waals surface area contributed by atoms with Crippen molar-refractivity contribution in [2.45, 2.75) is 92.3 Å². The Morgan fingerprint density at radius 3 is 2.30 bits per heavy atom. The van der Waals surface area contributed by atoms with E-state index in [9.17, 15) is 48.2 Å². The Hall–Kier alpha value is -3.52.